The van der Waals surface area contributed by atoms with Gasteiger partial charge in [0.15, 0.2) is 0 Å². The van der Waals surface area contributed by atoms with E-state index in [1.807, 2.05) is 48.5 Å². The van der Waals surface area contributed by atoms with Gasteiger partial charge >= 0.3 is 0 Å². The molecule has 0 aliphatic rings. The van der Waals surface area contributed by atoms with E-state index in [1.54, 1.807) is 6.20 Å². The molecule has 1 aromatic heterocycles. The maximum absolute atomic E-state index is 5.97. The largest absolute Gasteiger partial charge is 0.398 e. The van der Waals surface area contributed by atoms with Gasteiger partial charge in [0.2, 0.25) is 0 Å². The number of hydrogen-bond acceptors (Lipinski definition) is 3. The van der Waals surface area contributed by atoms with E-state index >= 15 is 0 Å². The Hall–Kier alpha value is -2.10. The Bertz CT molecular complexity index is 756. The molecule has 0 atom stereocenters. The third-order valence-corrected chi connectivity index (χ3v) is 3.58. The van der Waals surface area contributed by atoms with Crippen molar-refractivity contribution < 1.29 is 4.74 Å². The van der Waals surface area contributed by atoms with Crippen molar-refractivity contribution in [1.29, 1.82) is 0 Å². The van der Waals surface area contributed by atoms with Crippen LogP contribution in [0.2, 0.25) is 5.02 Å². The number of anilines is 1. The highest BCUT2D eigenvalue weighted by molar-refractivity contribution is 6.30. The molecule has 2 N–H and O–H groups in total. The Morgan fingerprint density at radius 1 is 1.00 bits per heavy atom. The molecule has 0 saturated carbocycles. The molecule has 0 unspecified atom stereocenters. The van der Waals surface area contributed by atoms with Gasteiger partial charge in [-0.15, -0.1) is 0 Å². The molecule has 0 spiro atoms. The van der Waals surface area contributed by atoms with Crippen LogP contribution in [0.5, 0.6) is 0 Å². The van der Waals surface area contributed by atoms with E-state index < -0.39 is 0 Å². The Balaban J connectivity index is 1.74. The summed E-state index contributed by atoms with van der Waals surface area (Å²) in [4.78, 5) is 4.40. The fourth-order valence-electron chi connectivity index (χ4n) is 2.23. The quantitative estimate of drug-likeness (QED) is 0.735. The van der Waals surface area contributed by atoms with Gasteiger partial charge in [-0.25, -0.2) is 0 Å². The number of nitrogens with zero attached hydrogens (tertiary/aromatic N) is 1. The number of fused-ring (bicyclic) bond motifs is 1. The number of pyridine rings is 1. The first kappa shape index (κ1) is 13.9. The molecule has 3 rings (SSSR count). The Labute approximate surface area is 128 Å². The lowest BCUT2D eigenvalue weighted by Gasteiger charge is -2.09. The predicted octanol–water partition coefficient (Wildman–Crippen LogP) is 4.19. The number of nitrogens with two attached hydrogens (primary N) is 1. The monoisotopic (exact) mass is 298 g/mol. The molecule has 0 aliphatic heterocycles. The van der Waals surface area contributed by atoms with Crippen LogP contribution in [0.15, 0.2) is 54.7 Å². The van der Waals surface area contributed by atoms with Crippen LogP contribution in [0.1, 0.15) is 11.1 Å². The number of rotatable bonds is 4. The fourth-order valence-corrected chi connectivity index (χ4v) is 2.36. The summed E-state index contributed by atoms with van der Waals surface area (Å²) in [6, 6.07) is 15.4. The standard InChI is InChI=1S/C17H15ClN2O/c18-14-6-3-12(4-7-14)10-21-11-13-5-8-16(19)15-2-1-9-20-17(13)15/h1-9H,10-11,19H2. The molecule has 0 radical (unpaired) electrons. The summed E-state index contributed by atoms with van der Waals surface area (Å²) in [6.07, 6.45) is 1.77. The fraction of sp³-hybridized carbons (Fsp3) is 0.118. The molecule has 3 aromatic rings. The van der Waals surface area contributed by atoms with Crippen molar-refractivity contribution in [2.45, 2.75) is 13.2 Å². The second-order valence-corrected chi connectivity index (χ2v) is 5.27. The summed E-state index contributed by atoms with van der Waals surface area (Å²) in [5.41, 5.74) is 9.72. The Kier molecular flexibility index (Phi) is 4.04. The summed E-state index contributed by atoms with van der Waals surface area (Å²) in [7, 11) is 0. The second kappa shape index (κ2) is 6.12. The molecule has 21 heavy (non-hydrogen) atoms. The molecular formula is C17H15ClN2O. The molecule has 106 valence electrons. The van der Waals surface area contributed by atoms with Crippen LogP contribution in [0.25, 0.3) is 10.9 Å². The molecule has 0 bridgehead atoms. The van der Waals surface area contributed by atoms with E-state index in [2.05, 4.69) is 4.98 Å². The van der Waals surface area contributed by atoms with Gasteiger partial charge in [0, 0.05) is 27.9 Å². The molecule has 4 heteroatoms. The van der Waals surface area contributed by atoms with Crippen molar-refractivity contribution in [2.75, 3.05) is 5.73 Å². The minimum Gasteiger partial charge on any atom is -0.398 e. The first-order valence-corrected chi connectivity index (χ1v) is 7.06. The van der Waals surface area contributed by atoms with Crippen LogP contribution >= 0.6 is 11.6 Å². The van der Waals surface area contributed by atoms with Crippen LogP contribution < -0.4 is 5.73 Å². The average Bonchev–Trinajstić information content (AvgIpc) is 2.52. The molecule has 3 nitrogen and oxygen atoms in total. The number of aromatic nitrogens is 1. The summed E-state index contributed by atoms with van der Waals surface area (Å²) in [5.74, 6) is 0. The predicted molar refractivity (Wildman–Crippen MR) is 86.1 cm³/mol. The number of ether oxygens (including phenoxy) is 1. The van der Waals surface area contributed by atoms with Crippen molar-refractivity contribution >= 4 is 28.2 Å². The van der Waals surface area contributed by atoms with Gasteiger partial charge in [-0.3, -0.25) is 4.98 Å². The van der Waals surface area contributed by atoms with Gasteiger partial charge < -0.3 is 10.5 Å². The topological polar surface area (TPSA) is 48.1 Å². The van der Waals surface area contributed by atoms with Crippen LogP contribution in [0.3, 0.4) is 0 Å². The number of halogens is 1. The first-order valence-electron chi connectivity index (χ1n) is 6.68. The minimum atomic E-state index is 0.496. The molecule has 0 saturated heterocycles. The molecule has 0 aliphatic carbocycles. The summed E-state index contributed by atoms with van der Waals surface area (Å²) < 4.78 is 5.77. The van der Waals surface area contributed by atoms with Gasteiger partial charge in [0.1, 0.15) is 0 Å². The Morgan fingerprint density at radius 2 is 1.81 bits per heavy atom. The van der Waals surface area contributed by atoms with Crippen LogP contribution in [-0.2, 0) is 18.0 Å². The van der Waals surface area contributed by atoms with Gasteiger partial charge in [-0.1, -0.05) is 29.8 Å². The third kappa shape index (κ3) is 3.15. The smallest absolute Gasteiger partial charge is 0.0777 e. The third-order valence-electron chi connectivity index (χ3n) is 3.33. The summed E-state index contributed by atoms with van der Waals surface area (Å²) >= 11 is 5.86. The van der Waals surface area contributed by atoms with Crippen LogP contribution in [0, 0.1) is 0 Å². The van der Waals surface area contributed by atoms with Crippen LogP contribution in [-0.4, -0.2) is 4.98 Å². The highest BCUT2D eigenvalue weighted by atomic mass is 35.5. The van der Waals surface area contributed by atoms with Crippen molar-refractivity contribution in [3.05, 3.63) is 70.9 Å². The highest BCUT2D eigenvalue weighted by Gasteiger charge is 2.05. The molecule has 0 fully saturated rings. The van der Waals surface area contributed by atoms with E-state index in [1.165, 1.54) is 0 Å². The maximum Gasteiger partial charge on any atom is 0.0777 e. The van der Waals surface area contributed by atoms with Crippen LogP contribution in [0.4, 0.5) is 5.69 Å². The van der Waals surface area contributed by atoms with Gasteiger partial charge in [0.05, 0.1) is 18.7 Å². The van der Waals surface area contributed by atoms with Gasteiger partial charge in [-0.05, 0) is 35.9 Å². The molecule has 1 heterocycles. The van der Waals surface area contributed by atoms with Gasteiger partial charge in [0.25, 0.3) is 0 Å². The van der Waals surface area contributed by atoms with Crippen molar-refractivity contribution in [2.24, 2.45) is 0 Å². The van der Waals surface area contributed by atoms with Gasteiger partial charge in [-0.2, -0.15) is 0 Å². The van der Waals surface area contributed by atoms with Crippen molar-refractivity contribution in [3.63, 3.8) is 0 Å². The lowest BCUT2D eigenvalue weighted by atomic mass is 10.1. The Morgan fingerprint density at radius 3 is 2.62 bits per heavy atom. The zero-order chi connectivity index (χ0) is 14.7. The SMILES string of the molecule is Nc1ccc(COCc2ccc(Cl)cc2)c2ncccc12. The summed E-state index contributed by atoms with van der Waals surface area (Å²) in [6.45, 7) is 1.03. The molecule has 0 amide bonds. The molecular weight excluding hydrogens is 284 g/mol. The second-order valence-electron chi connectivity index (χ2n) is 4.83. The van der Waals surface area contributed by atoms with E-state index in [-0.39, 0.29) is 0 Å². The van der Waals surface area contributed by atoms with Crippen molar-refractivity contribution in [1.82, 2.24) is 4.98 Å². The normalized spacial score (nSPS) is 10.9. The lowest BCUT2D eigenvalue weighted by molar-refractivity contribution is 0.108. The average molecular weight is 299 g/mol. The van der Waals surface area contributed by atoms with Crippen molar-refractivity contribution in [3.8, 4) is 0 Å². The van der Waals surface area contributed by atoms with E-state index in [4.69, 9.17) is 22.1 Å². The van der Waals surface area contributed by atoms with E-state index in [9.17, 15) is 0 Å². The lowest BCUT2D eigenvalue weighted by Crippen LogP contribution is -1.98. The van der Waals surface area contributed by atoms with E-state index in [0.717, 1.165) is 32.7 Å². The first-order chi connectivity index (χ1) is 10.2. The van der Waals surface area contributed by atoms with E-state index in [0.29, 0.717) is 13.2 Å². The number of hydrogen-bond donors (Lipinski definition) is 1. The maximum atomic E-state index is 5.97. The molecule has 2 aromatic carbocycles. The minimum absolute atomic E-state index is 0.496. The zero-order valence-corrected chi connectivity index (χ0v) is 12.2. The summed E-state index contributed by atoms with van der Waals surface area (Å²) in [5, 5.41) is 1.69. The number of nitrogen functional groups attached to an aromatic ring is 1. The number of benzene rings is 2. The zero-order valence-electron chi connectivity index (χ0n) is 11.4. The highest BCUT2D eigenvalue weighted by Crippen LogP contribution is 2.23.